The predicted octanol–water partition coefficient (Wildman–Crippen LogP) is 1.42. The Morgan fingerprint density at radius 3 is 2.37 bits per heavy atom. The number of carbonyl (C=O) groups is 2. The Labute approximate surface area is 158 Å². The number of piperazine rings is 1. The van der Waals surface area contributed by atoms with Crippen LogP contribution in [0.25, 0.3) is 6.08 Å². The second kappa shape index (κ2) is 8.30. The Kier molecular flexibility index (Phi) is 5.85. The third-order valence-corrected chi connectivity index (χ3v) is 5.00. The first kappa shape index (κ1) is 19.0. The molecule has 2 aliphatic rings. The van der Waals surface area contributed by atoms with Crippen molar-refractivity contribution in [3.63, 3.8) is 0 Å². The zero-order chi connectivity index (χ0) is 19.4. The van der Waals surface area contributed by atoms with Crippen LogP contribution in [-0.2, 0) is 9.59 Å². The van der Waals surface area contributed by atoms with E-state index in [2.05, 4.69) is 10.2 Å². The third kappa shape index (κ3) is 5.13. The molecule has 1 aliphatic heterocycles. The zero-order valence-corrected chi connectivity index (χ0v) is 15.3. The van der Waals surface area contributed by atoms with Gasteiger partial charge in [0.15, 0.2) is 0 Å². The number of hydrogen-bond donors (Lipinski definition) is 1. The van der Waals surface area contributed by atoms with Gasteiger partial charge in [0.25, 0.3) is 5.69 Å². The summed E-state index contributed by atoms with van der Waals surface area (Å²) in [6.45, 7) is 4.38. The summed E-state index contributed by atoms with van der Waals surface area (Å²) in [4.78, 5) is 38.5. The van der Waals surface area contributed by atoms with Crippen LogP contribution >= 0.6 is 0 Å². The van der Waals surface area contributed by atoms with Crippen molar-refractivity contribution in [1.29, 1.82) is 0 Å². The molecule has 1 N–H and O–H groups in total. The van der Waals surface area contributed by atoms with Gasteiger partial charge < -0.3 is 10.2 Å². The molecule has 0 radical (unpaired) electrons. The highest BCUT2D eigenvalue weighted by molar-refractivity contribution is 5.92. The highest BCUT2D eigenvalue weighted by Crippen LogP contribution is 2.19. The highest BCUT2D eigenvalue weighted by atomic mass is 16.6. The van der Waals surface area contributed by atoms with E-state index in [1.807, 2.05) is 6.92 Å². The lowest BCUT2D eigenvalue weighted by molar-refractivity contribution is -0.384. The molecule has 1 saturated heterocycles. The van der Waals surface area contributed by atoms with E-state index >= 15 is 0 Å². The maximum Gasteiger partial charge on any atom is 0.269 e. The second-order valence-electron chi connectivity index (χ2n) is 7.00. The van der Waals surface area contributed by atoms with Gasteiger partial charge in [-0.1, -0.05) is 0 Å². The Morgan fingerprint density at radius 1 is 1.19 bits per heavy atom. The molecule has 0 spiro atoms. The van der Waals surface area contributed by atoms with Gasteiger partial charge >= 0.3 is 0 Å². The monoisotopic (exact) mass is 372 g/mol. The van der Waals surface area contributed by atoms with Crippen LogP contribution in [0.4, 0.5) is 5.69 Å². The van der Waals surface area contributed by atoms with Gasteiger partial charge in [-0.05, 0) is 43.5 Å². The molecule has 8 heteroatoms. The lowest BCUT2D eigenvalue weighted by Gasteiger charge is -2.37. The van der Waals surface area contributed by atoms with E-state index in [0.717, 1.165) is 18.4 Å². The Bertz CT molecular complexity index is 735. The van der Waals surface area contributed by atoms with Crippen molar-refractivity contribution in [2.24, 2.45) is 0 Å². The molecule has 1 aromatic carbocycles. The Balaban J connectivity index is 1.47. The fourth-order valence-electron chi connectivity index (χ4n) is 3.02. The summed E-state index contributed by atoms with van der Waals surface area (Å²) in [5.41, 5.74) is 0.757. The minimum atomic E-state index is -0.454. The van der Waals surface area contributed by atoms with E-state index in [1.165, 1.54) is 18.2 Å². The number of nitrogens with zero attached hydrogens (tertiary/aromatic N) is 3. The number of benzene rings is 1. The fraction of sp³-hybridized carbons (Fsp3) is 0.474. The van der Waals surface area contributed by atoms with Crippen LogP contribution < -0.4 is 5.32 Å². The minimum absolute atomic E-state index is 0.0226. The van der Waals surface area contributed by atoms with Gasteiger partial charge in [0.2, 0.25) is 11.8 Å². The van der Waals surface area contributed by atoms with Gasteiger partial charge in [-0.25, -0.2) is 0 Å². The number of non-ortho nitro benzene ring substituents is 1. The minimum Gasteiger partial charge on any atom is -0.352 e. The summed E-state index contributed by atoms with van der Waals surface area (Å²) in [5.74, 6) is -0.0292. The molecular weight excluding hydrogens is 348 g/mol. The average Bonchev–Trinajstić information content (AvgIpc) is 3.50. The zero-order valence-electron chi connectivity index (χ0n) is 15.3. The Morgan fingerprint density at radius 2 is 1.81 bits per heavy atom. The first-order valence-corrected chi connectivity index (χ1v) is 9.20. The normalized spacial score (nSPS) is 19.1. The molecule has 1 aromatic rings. The molecule has 8 nitrogen and oxygen atoms in total. The number of carbonyl (C=O) groups excluding carboxylic acids is 2. The maximum atomic E-state index is 12.3. The molecule has 1 unspecified atom stereocenters. The fourth-order valence-corrected chi connectivity index (χ4v) is 3.02. The molecule has 1 heterocycles. The summed E-state index contributed by atoms with van der Waals surface area (Å²) < 4.78 is 0. The molecule has 1 aliphatic carbocycles. The van der Waals surface area contributed by atoms with Crippen LogP contribution in [0.3, 0.4) is 0 Å². The predicted molar refractivity (Wildman–Crippen MR) is 101 cm³/mol. The van der Waals surface area contributed by atoms with Crippen LogP contribution in [0, 0.1) is 10.1 Å². The molecule has 1 atom stereocenters. The van der Waals surface area contributed by atoms with Crippen molar-refractivity contribution in [2.75, 3.05) is 26.2 Å². The molecule has 2 amide bonds. The molecule has 1 saturated carbocycles. The topological polar surface area (TPSA) is 95.8 Å². The molecular formula is C19H24N4O4. The quantitative estimate of drug-likeness (QED) is 0.463. The standard InChI is InChI=1S/C19H24N4O4/c1-14(19(25)20-16-5-6-16)21-10-12-22(13-11-21)18(24)9-4-15-2-7-17(8-3-15)23(26)27/h2-4,7-9,14,16H,5-6,10-13H2,1H3,(H,20,25)/b9-4+. The summed E-state index contributed by atoms with van der Waals surface area (Å²) in [6.07, 6.45) is 5.29. The molecule has 2 fully saturated rings. The van der Waals surface area contributed by atoms with Crippen molar-refractivity contribution in [2.45, 2.75) is 31.8 Å². The van der Waals surface area contributed by atoms with E-state index in [9.17, 15) is 19.7 Å². The number of hydrogen-bond acceptors (Lipinski definition) is 5. The van der Waals surface area contributed by atoms with E-state index in [0.29, 0.717) is 32.2 Å². The first-order valence-electron chi connectivity index (χ1n) is 9.20. The average molecular weight is 372 g/mol. The van der Waals surface area contributed by atoms with Gasteiger partial charge in [-0.3, -0.25) is 24.6 Å². The SMILES string of the molecule is CC(C(=O)NC1CC1)N1CCN(C(=O)/C=C/c2ccc([N+](=O)[O-])cc2)CC1. The third-order valence-electron chi connectivity index (χ3n) is 5.00. The van der Waals surface area contributed by atoms with Crippen molar-refractivity contribution in [3.8, 4) is 0 Å². The molecule has 0 bridgehead atoms. The van der Waals surface area contributed by atoms with Gasteiger partial charge in [0.05, 0.1) is 11.0 Å². The summed E-state index contributed by atoms with van der Waals surface area (Å²) >= 11 is 0. The summed E-state index contributed by atoms with van der Waals surface area (Å²) in [7, 11) is 0. The van der Waals surface area contributed by atoms with E-state index in [-0.39, 0.29) is 23.5 Å². The van der Waals surface area contributed by atoms with Gasteiger partial charge in [-0.2, -0.15) is 0 Å². The molecule has 3 rings (SSSR count). The second-order valence-corrected chi connectivity index (χ2v) is 7.00. The number of nitrogens with one attached hydrogen (secondary N) is 1. The highest BCUT2D eigenvalue weighted by Gasteiger charge is 2.30. The van der Waals surface area contributed by atoms with Crippen molar-refractivity contribution < 1.29 is 14.5 Å². The van der Waals surface area contributed by atoms with Crippen LogP contribution in [0.2, 0.25) is 0 Å². The number of nitro benzene ring substituents is 1. The Hall–Kier alpha value is -2.74. The van der Waals surface area contributed by atoms with Crippen molar-refractivity contribution in [3.05, 3.63) is 46.0 Å². The van der Waals surface area contributed by atoms with Crippen LogP contribution in [-0.4, -0.2) is 64.8 Å². The van der Waals surface area contributed by atoms with Gasteiger partial charge in [-0.15, -0.1) is 0 Å². The van der Waals surface area contributed by atoms with Gasteiger partial charge in [0, 0.05) is 50.4 Å². The van der Waals surface area contributed by atoms with Crippen LogP contribution in [0.15, 0.2) is 30.3 Å². The number of amides is 2. The summed E-state index contributed by atoms with van der Waals surface area (Å²) in [5, 5.41) is 13.7. The van der Waals surface area contributed by atoms with Crippen LogP contribution in [0.5, 0.6) is 0 Å². The van der Waals surface area contributed by atoms with Gasteiger partial charge in [0.1, 0.15) is 0 Å². The lowest BCUT2D eigenvalue weighted by atomic mass is 10.2. The molecule has 0 aromatic heterocycles. The van der Waals surface area contributed by atoms with Crippen molar-refractivity contribution >= 4 is 23.6 Å². The molecule has 27 heavy (non-hydrogen) atoms. The number of rotatable bonds is 6. The van der Waals surface area contributed by atoms with E-state index < -0.39 is 4.92 Å². The number of nitro groups is 1. The van der Waals surface area contributed by atoms with E-state index in [4.69, 9.17) is 0 Å². The largest absolute Gasteiger partial charge is 0.352 e. The van der Waals surface area contributed by atoms with Crippen LogP contribution in [0.1, 0.15) is 25.3 Å². The molecule has 144 valence electrons. The maximum absolute atomic E-state index is 12.3. The van der Waals surface area contributed by atoms with Crippen molar-refractivity contribution in [1.82, 2.24) is 15.1 Å². The van der Waals surface area contributed by atoms with E-state index in [1.54, 1.807) is 23.1 Å². The smallest absolute Gasteiger partial charge is 0.269 e. The first-order chi connectivity index (χ1) is 12.9. The lowest BCUT2D eigenvalue weighted by Crippen LogP contribution is -2.55. The summed E-state index contributed by atoms with van der Waals surface area (Å²) in [6, 6.07) is 6.22.